The van der Waals surface area contributed by atoms with Crippen LogP contribution in [0.2, 0.25) is 0 Å². The number of hydrogen-bond acceptors (Lipinski definition) is 4. The largest absolute Gasteiger partial charge is 0.350 e. The number of carbonyl (C=O) groups is 2. The number of nitrogens with zero attached hydrogens (tertiary/aromatic N) is 4. The molecule has 0 fully saturated rings. The number of nitrogens with one attached hydrogen (secondary N) is 1. The fraction of sp³-hybridized carbons (Fsp3) is 0.235. The SMILES string of the molecule is CN1C(=O)N(CC(=O)NCc2ccccc2F)c2cccnc2N1C. The summed E-state index contributed by atoms with van der Waals surface area (Å²) in [4.78, 5) is 30.4. The minimum Gasteiger partial charge on any atom is -0.350 e. The third-order valence-electron chi connectivity index (χ3n) is 4.06. The first kappa shape index (κ1) is 16.7. The molecule has 0 saturated carbocycles. The van der Waals surface area contributed by atoms with Crippen LogP contribution in [0, 0.1) is 5.82 Å². The van der Waals surface area contributed by atoms with Crippen molar-refractivity contribution in [1.82, 2.24) is 15.3 Å². The highest BCUT2D eigenvalue weighted by Gasteiger charge is 2.33. The third kappa shape index (κ3) is 3.23. The molecule has 1 aromatic carbocycles. The van der Waals surface area contributed by atoms with E-state index in [2.05, 4.69) is 10.3 Å². The molecule has 3 rings (SSSR count). The lowest BCUT2D eigenvalue weighted by molar-refractivity contribution is -0.119. The van der Waals surface area contributed by atoms with Gasteiger partial charge in [-0.2, -0.15) is 0 Å². The van der Waals surface area contributed by atoms with Crippen LogP contribution in [-0.2, 0) is 11.3 Å². The van der Waals surface area contributed by atoms with Gasteiger partial charge in [0.25, 0.3) is 0 Å². The number of hydrazine groups is 1. The van der Waals surface area contributed by atoms with Gasteiger partial charge < -0.3 is 5.32 Å². The Labute approximate surface area is 144 Å². The number of benzene rings is 1. The molecule has 0 spiro atoms. The molecule has 25 heavy (non-hydrogen) atoms. The predicted octanol–water partition coefficient (Wildman–Crippen LogP) is 1.76. The molecule has 0 atom stereocenters. The van der Waals surface area contributed by atoms with E-state index < -0.39 is 0 Å². The van der Waals surface area contributed by atoms with Crippen molar-refractivity contribution in [3.63, 3.8) is 0 Å². The summed E-state index contributed by atoms with van der Waals surface area (Å²) in [6, 6.07) is 9.31. The van der Waals surface area contributed by atoms with E-state index in [0.29, 0.717) is 17.1 Å². The van der Waals surface area contributed by atoms with E-state index in [0.717, 1.165) is 0 Å². The topological polar surface area (TPSA) is 68.8 Å². The maximum absolute atomic E-state index is 13.6. The molecule has 0 aliphatic carbocycles. The molecule has 2 aromatic rings. The molecule has 7 nitrogen and oxygen atoms in total. The first-order valence-corrected chi connectivity index (χ1v) is 7.73. The Morgan fingerprint density at radius 2 is 1.92 bits per heavy atom. The van der Waals surface area contributed by atoms with Gasteiger partial charge in [-0.1, -0.05) is 18.2 Å². The molecule has 8 heteroatoms. The zero-order valence-electron chi connectivity index (χ0n) is 13.9. The fourth-order valence-electron chi connectivity index (χ4n) is 2.58. The minimum absolute atomic E-state index is 0.0587. The molecule has 0 saturated heterocycles. The highest BCUT2D eigenvalue weighted by molar-refractivity contribution is 6.02. The maximum Gasteiger partial charge on any atom is 0.343 e. The number of carbonyl (C=O) groups excluding carboxylic acids is 2. The van der Waals surface area contributed by atoms with Crippen molar-refractivity contribution in [3.8, 4) is 0 Å². The Kier molecular flexibility index (Phi) is 4.51. The van der Waals surface area contributed by atoms with Crippen LogP contribution in [0.15, 0.2) is 42.6 Å². The third-order valence-corrected chi connectivity index (χ3v) is 4.06. The van der Waals surface area contributed by atoms with Crippen molar-refractivity contribution >= 4 is 23.4 Å². The zero-order chi connectivity index (χ0) is 18.0. The number of anilines is 2. The van der Waals surface area contributed by atoms with Gasteiger partial charge in [-0.15, -0.1) is 0 Å². The summed E-state index contributed by atoms with van der Waals surface area (Å²) >= 11 is 0. The van der Waals surface area contributed by atoms with Gasteiger partial charge in [-0.05, 0) is 18.2 Å². The first-order valence-electron chi connectivity index (χ1n) is 7.73. The van der Waals surface area contributed by atoms with E-state index in [1.165, 1.54) is 16.0 Å². The average molecular weight is 343 g/mol. The molecule has 2 heterocycles. The maximum atomic E-state index is 13.6. The van der Waals surface area contributed by atoms with E-state index in [-0.39, 0.29) is 30.8 Å². The number of halogens is 1. The zero-order valence-corrected chi connectivity index (χ0v) is 13.9. The highest BCUT2D eigenvalue weighted by atomic mass is 19.1. The van der Waals surface area contributed by atoms with Gasteiger partial charge in [0.05, 0.1) is 5.69 Å². The van der Waals surface area contributed by atoms with E-state index in [1.54, 1.807) is 55.6 Å². The number of hydrogen-bond donors (Lipinski definition) is 1. The summed E-state index contributed by atoms with van der Waals surface area (Å²) in [7, 11) is 3.32. The Morgan fingerprint density at radius 3 is 2.68 bits per heavy atom. The fourth-order valence-corrected chi connectivity index (χ4v) is 2.58. The van der Waals surface area contributed by atoms with Gasteiger partial charge in [0.15, 0.2) is 5.82 Å². The molecule has 3 amide bonds. The van der Waals surface area contributed by atoms with Crippen molar-refractivity contribution < 1.29 is 14.0 Å². The Balaban J connectivity index is 1.73. The van der Waals surface area contributed by atoms with Crippen molar-refractivity contribution in [1.29, 1.82) is 0 Å². The predicted molar refractivity (Wildman–Crippen MR) is 91.4 cm³/mol. The Hall–Kier alpha value is -3.16. The summed E-state index contributed by atoms with van der Waals surface area (Å²) in [5, 5.41) is 5.63. The normalized spacial score (nSPS) is 13.7. The quantitative estimate of drug-likeness (QED) is 0.918. The van der Waals surface area contributed by atoms with Gasteiger partial charge in [0, 0.05) is 32.4 Å². The second kappa shape index (κ2) is 6.76. The van der Waals surface area contributed by atoms with Crippen LogP contribution in [-0.4, -0.2) is 42.6 Å². The smallest absolute Gasteiger partial charge is 0.343 e. The number of aromatic nitrogens is 1. The van der Waals surface area contributed by atoms with Crippen LogP contribution in [0.3, 0.4) is 0 Å². The van der Waals surface area contributed by atoms with Crippen LogP contribution in [0.1, 0.15) is 5.56 Å². The molecule has 1 N–H and O–H groups in total. The monoisotopic (exact) mass is 343 g/mol. The highest BCUT2D eigenvalue weighted by Crippen LogP contribution is 2.31. The molecule has 1 aliphatic rings. The Morgan fingerprint density at radius 1 is 1.16 bits per heavy atom. The molecular formula is C17H18FN5O2. The number of rotatable bonds is 4. The number of fused-ring (bicyclic) bond motifs is 1. The lowest BCUT2D eigenvalue weighted by atomic mass is 10.2. The molecular weight excluding hydrogens is 325 g/mol. The van der Waals surface area contributed by atoms with Crippen molar-refractivity contribution in [2.45, 2.75) is 6.54 Å². The van der Waals surface area contributed by atoms with Crippen molar-refractivity contribution in [2.24, 2.45) is 0 Å². The minimum atomic E-state index is -0.385. The number of urea groups is 1. The summed E-state index contributed by atoms with van der Waals surface area (Å²) in [6.07, 6.45) is 1.62. The summed E-state index contributed by atoms with van der Waals surface area (Å²) in [5.74, 6) is -0.191. The number of pyridine rings is 1. The van der Waals surface area contributed by atoms with E-state index >= 15 is 0 Å². The van der Waals surface area contributed by atoms with Gasteiger partial charge in [-0.3, -0.25) is 14.7 Å². The first-order chi connectivity index (χ1) is 12.0. The lowest BCUT2D eigenvalue weighted by Gasteiger charge is -2.40. The second-order valence-corrected chi connectivity index (χ2v) is 5.63. The van der Waals surface area contributed by atoms with Gasteiger partial charge in [0.1, 0.15) is 12.4 Å². The average Bonchev–Trinajstić information content (AvgIpc) is 2.63. The molecule has 1 aromatic heterocycles. The molecule has 130 valence electrons. The molecule has 0 bridgehead atoms. The van der Waals surface area contributed by atoms with E-state index in [9.17, 15) is 14.0 Å². The van der Waals surface area contributed by atoms with Crippen LogP contribution >= 0.6 is 0 Å². The molecule has 0 unspecified atom stereocenters. The van der Waals surface area contributed by atoms with E-state index in [1.807, 2.05) is 0 Å². The summed E-state index contributed by atoms with van der Waals surface area (Å²) in [5.41, 5.74) is 0.939. The summed E-state index contributed by atoms with van der Waals surface area (Å²) in [6.45, 7) is -0.118. The van der Waals surface area contributed by atoms with Crippen molar-refractivity contribution in [2.75, 3.05) is 30.5 Å². The van der Waals surface area contributed by atoms with Crippen LogP contribution in [0.25, 0.3) is 0 Å². The Bertz CT molecular complexity index is 813. The van der Waals surface area contributed by atoms with E-state index in [4.69, 9.17) is 0 Å². The van der Waals surface area contributed by atoms with Crippen molar-refractivity contribution in [3.05, 3.63) is 54.0 Å². The molecule has 0 radical (unpaired) electrons. The van der Waals surface area contributed by atoms with Crippen LogP contribution < -0.4 is 15.2 Å². The molecule has 1 aliphatic heterocycles. The van der Waals surface area contributed by atoms with Gasteiger partial charge in [-0.25, -0.2) is 19.2 Å². The lowest BCUT2D eigenvalue weighted by Crippen LogP contribution is -2.55. The van der Waals surface area contributed by atoms with Gasteiger partial charge >= 0.3 is 6.03 Å². The standard InChI is InChI=1S/C17H18FN5O2/c1-21-16-14(8-5-9-19-16)23(17(25)22(21)2)11-15(24)20-10-12-6-3-4-7-13(12)18/h3-9H,10-11H2,1-2H3,(H,20,24). The summed E-state index contributed by atoms with van der Waals surface area (Å²) < 4.78 is 13.6. The van der Waals surface area contributed by atoms with Crippen LogP contribution in [0.4, 0.5) is 20.7 Å². The second-order valence-electron chi connectivity index (χ2n) is 5.63. The number of amides is 3. The van der Waals surface area contributed by atoms with Gasteiger partial charge in [0.2, 0.25) is 5.91 Å². The van der Waals surface area contributed by atoms with Crippen LogP contribution in [0.5, 0.6) is 0 Å².